The van der Waals surface area contributed by atoms with E-state index in [0.29, 0.717) is 29.1 Å². The van der Waals surface area contributed by atoms with Gasteiger partial charge in [-0.05, 0) is 61.5 Å². The number of nitrogens with one attached hydrogen (secondary N) is 3. The van der Waals surface area contributed by atoms with Crippen LogP contribution < -0.4 is 20.7 Å². The van der Waals surface area contributed by atoms with Crippen molar-refractivity contribution >= 4 is 56.4 Å². The van der Waals surface area contributed by atoms with Crippen molar-refractivity contribution in [2.75, 3.05) is 17.7 Å². The van der Waals surface area contributed by atoms with Gasteiger partial charge in [0.25, 0.3) is 5.91 Å². The Balaban J connectivity index is 2.07. The van der Waals surface area contributed by atoms with Crippen LogP contribution in [0.25, 0.3) is 0 Å². The van der Waals surface area contributed by atoms with Gasteiger partial charge in [-0.1, -0.05) is 28.9 Å². The van der Waals surface area contributed by atoms with E-state index in [1.54, 1.807) is 30.3 Å². The van der Waals surface area contributed by atoms with Crippen molar-refractivity contribution in [2.45, 2.75) is 26.7 Å². The molecule has 0 spiro atoms. The zero-order valence-electron chi connectivity index (χ0n) is 15.9. The number of hydrogen-bond donors (Lipinski definition) is 3. The van der Waals surface area contributed by atoms with Gasteiger partial charge < -0.3 is 15.4 Å². The minimum absolute atomic E-state index is 0.0485. The van der Waals surface area contributed by atoms with Gasteiger partial charge in [-0.3, -0.25) is 14.9 Å². The summed E-state index contributed by atoms with van der Waals surface area (Å²) in [6.45, 7) is 3.80. The highest BCUT2D eigenvalue weighted by Gasteiger charge is 2.16. The summed E-state index contributed by atoms with van der Waals surface area (Å²) < 4.78 is 6.11. The lowest BCUT2D eigenvalue weighted by atomic mass is 10.1. The molecule has 0 radical (unpaired) electrons. The van der Waals surface area contributed by atoms with Crippen molar-refractivity contribution in [2.24, 2.45) is 0 Å². The number of amides is 2. The highest BCUT2D eigenvalue weighted by molar-refractivity contribution is 9.10. The molecule has 0 bridgehead atoms. The zero-order valence-corrected chi connectivity index (χ0v) is 18.3. The molecule has 3 N–H and O–H groups in total. The van der Waals surface area contributed by atoms with Gasteiger partial charge in [-0.15, -0.1) is 0 Å². The van der Waals surface area contributed by atoms with Crippen molar-refractivity contribution in [1.82, 2.24) is 5.32 Å². The molecule has 28 heavy (non-hydrogen) atoms. The lowest BCUT2D eigenvalue weighted by molar-refractivity contribution is -0.116. The number of hydrogen-bond acceptors (Lipinski definition) is 4. The molecule has 0 fully saturated rings. The number of carbonyl (C=O) groups excluding carboxylic acids is 2. The maximum atomic E-state index is 12.6. The smallest absolute Gasteiger partial charge is 0.261 e. The fourth-order valence-corrected chi connectivity index (χ4v) is 3.41. The summed E-state index contributed by atoms with van der Waals surface area (Å²) in [5.74, 6) is 0.0583. The van der Waals surface area contributed by atoms with Gasteiger partial charge in [0.1, 0.15) is 5.75 Å². The number of carbonyl (C=O) groups is 2. The monoisotopic (exact) mass is 463 g/mol. The van der Waals surface area contributed by atoms with E-state index in [0.717, 1.165) is 16.5 Å². The van der Waals surface area contributed by atoms with E-state index in [9.17, 15) is 9.59 Å². The molecular weight excluding hydrogens is 442 g/mol. The summed E-state index contributed by atoms with van der Waals surface area (Å²) in [4.78, 5) is 24.4. The Morgan fingerprint density at radius 1 is 1.14 bits per heavy atom. The summed E-state index contributed by atoms with van der Waals surface area (Å²) in [5.41, 5.74) is 2.51. The second-order valence-electron chi connectivity index (χ2n) is 6.09. The molecule has 0 aliphatic rings. The Kier molecular flexibility index (Phi) is 7.95. The van der Waals surface area contributed by atoms with Crippen LogP contribution >= 0.6 is 28.1 Å². The van der Waals surface area contributed by atoms with Crippen LogP contribution in [0, 0.1) is 6.92 Å². The molecule has 0 aliphatic carbocycles. The van der Waals surface area contributed by atoms with E-state index in [4.69, 9.17) is 17.0 Å². The molecule has 0 saturated heterocycles. The first-order chi connectivity index (χ1) is 13.3. The molecule has 0 aliphatic heterocycles. The van der Waals surface area contributed by atoms with Gasteiger partial charge in [-0.25, -0.2) is 0 Å². The number of halogens is 1. The van der Waals surface area contributed by atoms with Gasteiger partial charge in [0.15, 0.2) is 5.11 Å². The average molecular weight is 464 g/mol. The Morgan fingerprint density at radius 2 is 1.82 bits per heavy atom. The second kappa shape index (κ2) is 10.2. The van der Waals surface area contributed by atoms with E-state index < -0.39 is 0 Å². The van der Waals surface area contributed by atoms with Crippen LogP contribution in [0.2, 0.25) is 0 Å². The van der Waals surface area contributed by atoms with E-state index in [1.807, 2.05) is 19.9 Å². The number of methoxy groups -OCH3 is 1. The highest BCUT2D eigenvalue weighted by Crippen LogP contribution is 2.27. The molecule has 8 heteroatoms. The van der Waals surface area contributed by atoms with Gasteiger partial charge in [0.2, 0.25) is 5.91 Å². The third-order valence-corrected chi connectivity index (χ3v) is 4.46. The minimum Gasteiger partial charge on any atom is -0.496 e. The molecule has 6 nitrogen and oxygen atoms in total. The maximum absolute atomic E-state index is 12.6. The van der Waals surface area contributed by atoms with Crippen LogP contribution in [0.4, 0.5) is 11.4 Å². The van der Waals surface area contributed by atoms with Crippen LogP contribution in [0.5, 0.6) is 5.75 Å². The zero-order chi connectivity index (χ0) is 20.7. The molecule has 148 valence electrons. The maximum Gasteiger partial charge on any atom is 0.261 e. The summed E-state index contributed by atoms with van der Waals surface area (Å²) in [7, 11) is 1.52. The normalized spacial score (nSPS) is 10.1. The molecule has 0 aromatic heterocycles. The Morgan fingerprint density at radius 3 is 2.46 bits per heavy atom. The third-order valence-electron chi connectivity index (χ3n) is 3.80. The van der Waals surface area contributed by atoms with Crippen molar-refractivity contribution in [3.8, 4) is 5.75 Å². The summed E-state index contributed by atoms with van der Waals surface area (Å²) in [6, 6.07) is 10.6. The molecule has 0 saturated carbocycles. The first kappa shape index (κ1) is 21.8. The number of aryl methyl sites for hydroxylation is 1. The molecule has 2 aromatic carbocycles. The van der Waals surface area contributed by atoms with Crippen molar-refractivity contribution < 1.29 is 14.3 Å². The lowest BCUT2D eigenvalue weighted by Crippen LogP contribution is -2.34. The SMILES string of the molecule is CCCC(=O)Nc1cccc(NC(=S)NC(=O)c2cc(Br)cc(C)c2OC)c1. The first-order valence-electron chi connectivity index (χ1n) is 8.70. The predicted octanol–water partition coefficient (Wildman–Crippen LogP) is 4.63. The van der Waals surface area contributed by atoms with Crippen LogP contribution in [-0.2, 0) is 4.79 Å². The van der Waals surface area contributed by atoms with E-state index in [2.05, 4.69) is 31.9 Å². The summed E-state index contributed by atoms with van der Waals surface area (Å²) in [6.07, 6.45) is 1.23. The minimum atomic E-state index is -0.383. The average Bonchev–Trinajstić information content (AvgIpc) is 2.61. The van der Waals surface area contributed by atoms with Crippen molar-refractivity contribution in [3.63, 3.8) is 0 Å². The van der Waals surface area contributed by atoms with Gasteiger partial charge in [0.05, 0.1) is 12.7 Å². The first-order valence-corrected chi connectivity index (χ1v) is 9.90. The molecule has 0 unspecified atom stereocenters. The number of benzene rings is 2. The summed E-state index contributed by atoms with van der Waals surface area (Å²) in [5, 5.41) is 8.56. The Hall–Kier alpha value is -2.45. The molecular formula is C20H22BrN3O3S. The fourth-order valence-electron chi connectivity index (χ4n) is 2.63. The van der Waals surface area contributed by atoms with Crippen LogP contribution in [-0.4, -0.2) is 24.0 Å². The topological polar surface area (TPSA) is 79.5 Å². The summed E-state index contributed by atoms with van der Waals surface area (Å²) >= 11 is 8.63. The Labute approximate surface area is 178 Å². The van der Waals surface area contributed by atoms with E-state index in [1.165, 1.54) is 7.11 Å². The van der Waals surface area contributed by atoms with Gasteiger partial charge in [-0.2, -0.15) is 0 Å². The largest absolute Gasteiger partial charge is 0.496 e. The van der Waals surface area contributed by atoms with Crippen LogP contribution in [0.3, 0.4) is 0 Å². The molecule has 2 aromatic rings. The number of ether oxygens (including phenoxy) is 1. The molecule has 2 rings (SSSR count). The molecule has 0 atom stereocenters. The lowest BCUT2D eigenvalue weighted by Gasteiger charge is -2.14. The van der Waals surface area contributed by atoms with E-state index >= 15 is 0 Å². The number of thiocarbonyl (C=S) groups is 1. The second-order valence-corrected chi connectivity index (χ2v) is 7.41. The van der Waals surface area contributed by atoms with Crippen molar-refractivity contribution in [1.29, 1.82) is 0 Å². The van der Waals surface area contributed by atoms with Gasteiger partial charge in [0, 0.05) is 22.3 Å². The Bertz CT molecular complexity index is 902. The third kappa shape index (κ3) is 6.03. The van der Waals surface area contributed by atoms with E-state index in [-0.39, 0.29) is 16.9 Å². The quantitative estimate of drug-likeness (QED) is 0.544. The highest BCUT2D eigenvalue weighted by atomic mass is 79.9. The van der Waals surface area contributed by atoms with Crippen LogP contribution in [0.15, 0.2) is 40.9 Å². The number of anilines is 2. The van der Waals surface area contributed by atoms with Gasteiger partial charge >= 0.3 is 0 Å². The van der Waals surface area contributed by atoms with Crippen LogP contribution in [0.1, 0.15) is 35.7 Å². The molecule has 2 amide bonds. The number of rotatable bonds is 6. The molecule has 0 heterocycles. The fraction of sp³-hybridized carbons (Fsp3) is 0.250. The van der Waals surface area contributed by atoms with Crippen molar-refractivity contribution in [3.05, 3.63) is 52.0 Å². The predicted molar refractivity (Wildman–Crippen MR) is 119 cm³/mol. The standard InChI is InChI=1S/C20H22BrN3O3S/c1-4-6-17(25)22-14-7-5-8-15(11-14)23-20(28)24-19(26)16-10-13(21)9-12(2)18(16)27-3/h5,7-11H,4,6H2,1-3H3,(H,22,25)(H2,23,24,26,28).